The molecule has 0 fully saturated rings. The van der Waals surface area contributed by atoms with Crippen LogP contribution in [0.1, 0.15) is 103 Å². The molecule has 0 saturated heterocycles. The Morgan fingerprint density at radius 1 is 0.123 bits per heavy atom. The summed E-state index contributed by atoms with van der Waals surface area (Å²) in [7, 11) is -7.44. The van der Waals surface area contributed by atoms with Crippen LogP contribution >= 0.6 is 152 Å². The molecule has 0 aromatic heterocycles. The highest BCUT2D eigenvalue weighted by Crippen LogP contribution is 2.44. The second kappa shape index (κ2) is 46.6. The Bertz CT molecular complexity index is 795. The molecule has 0 aliphatic carbocycles. The lowest BCUT2D eigenvalue weighted by atomic mass is 10.5. The summed E-state index contributed by atoms with van der Waals surface area (Å²) < 4.78 is 0. The van der Waals surface area contributed by atoms with Crippen molar-refractivity contribution in [2.24, 2.45) is 0 Å². The molecule has 0 bridgehead atoms. The van der Waals surface area contributed by atoms with E-state index in [0.717, 1.165) is 69.0 Å². The normalized spacial score (nSPS) is 13.1. The van der Waals surface area contributed by atoms with E-state index in [-0.39, 0.29) is 0 Å². The second-order valence-electron chi connectivity index (χ2n) is 20.8. The predicted octanol–water partition coefficient (Wildman–Crippen LogP) is 18.6. The van der Waals surface area contributed by atoms with E-state index in [9.17, 15) is 0 Å². The first kappa shape index (κ1) is 70.3. The summed E-state index contributed by atoms with van der Waals surface area (Å²) in [6.07, 6.45) is 21.5. The summed E-state index contributed by atoms with van der Waals surface area (Å²) >= 11 is 57.6. The lowest BCUT2D eigenvalue weighted by Crippen LogP contribution is -2.41. The third-order valence-corrected chi connectivity index (χ3v) is 48.1. The van der Waals surface area contributed by atoms with E-state index in [1.165, 1.54) is 199 Å². The Labute approximate surface area is 479 Å². The van der Waals surface area contributed by atoms with Crippen molar-refractivity contribution in [1.82, 2.24) is 0 Å². The highest BCUT2D eigenvalue weighted by atomic mass is 32.1. The molecule has 0 amide bonds. The van der Waals surface area contributed by atoms with Crippen molar-refractivity contribution in [2.75, 3.05) is 69.0 Å². The van der Waals surface area contributed by atoms with Crippen LogP contribution in [-0.4, -0.2) is 109 Å². The van der Waals surface area contributed by atoms with E-state index in [4.69, 9.17) is 152 Å². The van der Waals surface area contributed by atoms with Crippen molar-refractivity contribution in [1.29, 1.82) is 0 Å². The minimum atomic E-state index is -1.66. The molecule has 0 saturated carbocycles. The molecular weight excluding hydrogens is 1100 g/mol. The molecule has 17 heteroatoms. The standard InChI is InChI=1S/C48H108S12Si5/c49-17-1-29-61(30-2-18-50,31-3-19-51)41-13-45-65(46-14-42-62(32-4-20-52,33-5-21-53)34-6-22-54,47-15-43-63(35-7-23-55,36-8-24-56)37-9-25-57)48-16-44-64(38-10-26-58,39-11-27-59)40-12-28-60/h49-60H,1-48H2. The van der Waals surface area contributed by atoms with Gasteiger partial charge in [-0.1, -0.05) is 147 Å². The average Bonchev–Trinajstić information content (AvgIpc) is 3.32. The first-order valence-electron chi connectivity index (χ1n) is 26.9. The first-order chi connectivity index (χ1) is 31.6. The third-order valence-electron chi connectivity index (χ3n) is 16.0. The molecule has 0 rings (SSSR count). The fraction of sp³-hybridized carbons (Fsp3) is 1.00. The van der Waals surface area contributed by atoms with Gasteiger partial charge < -0.3 is 0 Å². The van der Waals surface area contributed by atoms with Crippen molar-refractivity contribution in [2.45, 2.75) is 224 Å². The van der Waals surface area contributed by atoms with Crippen LogP contribution in [0.2, 0.25) is 121 Å². The minimum Gasteiger partial charge on any atom is -0.179 e. The van der Waals surface area contributed by atoms with Crippen molar-refractivity contribution in [3.63, 3.8) is 0 Å². The molecule has 0 aromatic carbocycles. The fourth-order valence-electron chi connectivity index (χ4n) is 12.6. The van der Waals surface area contributed by atoms with E-state index in [1.54, 1.807) is 24.2 Å². The lowest BCUT2D eigenvalue weighted by molar-refractivity contribution is 0.821. The average molecular weight is 1210 g/mol. The molecule has 0 unspecified atom stereocenters. The van der Waals surface area contributed by atoms with Gasteiger partial charge >= 0.3 is 0 Å². The topological polar surface area (TPSA) is 0 Å². The molecule has 0 nitrogen and oxygen atoms in total. The largest absolute Gasteiger partial charge is 0.179 e. The van der Waals surface area contributed by atoms with E-state index in [0.29, 0.717) is 0 Å². The molecular formula is C48H108S12Si5. The Morgan fingerprint density at radius 2 is 0.200 bits per heavy atom. The van der Waals surface area contributed by atoms with E-state index in [1.807, 2.05) is 0 Å². The van der Waals surface area contributed by atoms with Gasteiger partial charge in [0.15, 0.2) is 0 Å². The summed E-state index contributed by atoms with van der Waals surface area (Å²) in [4.78, 5) is 0. The number of hydrogen-bond donors (Lipinski definition) is 12. The highest BCUT2D eigenvalue weighted by molar-refractivity contribution is 7.81. The zero-order valence-corrected chi connectivity index (χ0v) is 57.5. The Hall–Kier alpha value is 5.28. The maximum absolute atomic E-state index is 4.80. The van der Waals surface area contributed by atoms with Gasteiger partial charge in [0.05, 0.1) is 40.4 Å². The van der Waals surface area contributed by atoms with Crippen molar-refractivity contribution in [3.8, 4) is 0 Å². The van der Waals surface area contributed by atoms with Crippen molar-refractivity contribution >= 4 is 192 Å². The molecule has 0 radical (unpaired) electrons. The van der Waals surface area contributed by atoms with E-state index < -0.39 is 40.4 Å². The van der Waals surface area contributed by atoms with Gasteiger partial charge in [0.2, 0.25) is 0 Å². The number of thiol groups is 12. The summed E-state index contributed by atoms with van der Waals surface area (Å²) in [5.41, 5.74) is 0. The number of hydrogen-bond acceptors (Lipinski definition) is 12. The first-order valence-corrected chi connectivity index (χ1v) is 48.6. The minimum absolute atomic E-state index is 1.03. The molecule has 0 aliphatic heterocycles. The summed E-state index contributed by atoms with van der Waals surface area (Å²) in [6, 6.07) is 30.1. The number of rotatable bonds is 52. The van der Waals surface area contributed by atoms with Crippen LogP contribution in [-0.2, 0) is 0 Å². The van der Waals surface area contributed by atoms with Gasteiger partial charge in [-0.05, 0) is 146 Å². The molecule has 0 atom stereocenters. The maximum atomic E-state index is 4.80. The third kappa shape index (κ3) is 33.1. The van der Waals surface area contributed by atoms with Gasteiger partial charge in [0.1, 0.15) is 0 Å². The summed E-state index contributed by atoms with van der Waals surface area (Å²) in [5, 5.41) is 0. The Balaban J connectivity index is 7.53. The molecule has 0 spiro atoms. The fourth-order valence-corrected chi connectivity index (χ4v) is 45.5. The van der Waals surface area contributed by atoms with Crippen LogP contribution in [0.15, 0.2) is 0 Å². The van der Waals surface area contributed by atoms with Crippen LogP contribution < -0.4 is 0 Å². The van der Waals surface area contributed by atoms with Gasteiger partial charge in [-0.2, -0.15) is 152 Å². The van der Waals surface area contributed by atoms with E-state index >= 15 is 0 Å². The maximum Gasteiger partial charge on any atom is 0.0536 e. The zero-order chi connectivity index (χ0) is 48.4. The molecule has 65 heavy (non-hydrogen) atoms. The molecule has 0 heterocycles. The van der Waals surface area contributed by atoms with Crippen LogP contribution in [0.3, 0.4) is 0 Å². The SMILES string of the molecule is SCCC[Si](CCCS)(CCCS)CCC[Si](CCC[Si](CCCS)(CCCS)CCCS)(CCC[Si](CCCS)(CCCS)CCCS)CCC[Si](CCCS)(CCCS)CCCS. The highest BCUT2D eigenvalue weighted by Gasteiger charge is 2.40. The zero-order valence-electron chi connectivity index (χ0n) is 41.8. The summed E-state index contributed by atoms with van der Waals surface area (Å²) in [6.45, 7) is 0. The van der Waals surface area contributed by atoms with Gasteiger partial charge in [-0.15, -0.1) is 0 Å². The Kier molecular flexibility index (Phi) is 50.4. The second-order valence-corrected chi connectivity index (χ2v) is 51.2. The van der Waals surface area contributed by atoms with Crippen LogP contribution in [0.25, 0.3) is 0 Å². The van der Waals surface area contributed by atoms with E-state index in [2.05, 4.69) is 0 Å². The summed E-state index contributed by atoms with van der Waals surface area (Å²) in [5.74, 6) is 12.4. The van der Waals surface area contributed by atoms with Crippen LogP contribution in [0, 0.1) is 0 Å². The predicted molar refractivity (Wildman–Crippen MR) is 365 cm³/mol. The van der Waals surface area contributed by atoms with Crippen molar-refractivity contribution < 1.29 is 0 Å². The van der Waals surface area contributed by atoms with Gasteiger partial charge in [-0.25, -0.2) is 0 Å². The van der Waals surface area contributed by atoms with Crippen LogP contribution in [0.4, 0.5) is 0 Å². The quantitative estimate of drug-likeness (QED) is 0.0207. The monoisotopic (exact) mass is 1210 g/mol. The molecule has 0 aromatic rings. The Morgan fingerprint density at radius 3 is 0.277 bits per heavy atom. The smallest absolute Gasteiger partial charge is 0.0536 e. The van der Waals surface area contributed by atoms with Gasteiger partial charge in [0.25, 0.3) is 0 Å². The molecule has 0 aliphatic rings. The van der Waals surface area contributed by atoms with Crippen molar-refractivity contribution in [3.05, 3.63) is 0 Å². The van der Waals surface area contributed by atoms with Gasteiger partial charge in [-0.3, -0.25) is 0 Å². The lowest BCUT2D eigenvalue weighted by Gasteiger charge is -2.40. The van der Waals surface area contributed by atoms with Crippen LogP contribution in [0.5, 0.6) is 0 Å². The molecule has 392 valence electrons. The van der Waals surface area contributed by atoms with Gasteiger partial charge in [0, 0.05) is 0 Å². The molecule has 0 N–H and O–H groups in total.